The third-order valence-electron chi connectivity index (χ3n) is 2.35. The van der Waals surface area contributed by atoms with Gasteiger partial charge in [0.15, 0.2) is 0 Å². The summed E-state index contributed by atoms with van der Waals surface area (Å²) in [6.07, 6.45) is 0.682. The molecule has 0 atom stereocenters. The van der Waals surface area contributed by atoms with Gasteiger partial charge in [0.05, 0.1) is 9.88 Å². The molecular weight excluding hydrogens is 413 g/mol. The Labute approximate surface area is 127 Å². The van der Waals surface area contributed by atoms with Crippen LogP contribution < -0.4 is 4.72 Å². The van der Waals surface area contributed by atoms with E-state index in [1.54, 1.807) is 6.07 Å². The minimum absolute atomic E-state index is 0.238. The average molecular weight is 426 g/mol. The van der Waals surface area contributed by atoms with Crippen LogP contribution in [0.15, 0.2) is 16.3 Å². The summed E-state index contributed by atoms with van der Waals surface area (Å²) in [6.45, 7) is 1.94. The molecule has 0 fully saturated rings. The highest BCUT2D eigenvalue weighted by molar-refractivity contribution is 9.09. The molecule has 1 heterocycles. The van der Waals surface area contributed by atoms with E-state index in [-0.39, 0.29) is 4.21 Å². The standard InChI is InChI=1S/C9H12Br2ClNO2S2/c1-2-9(5-10,6-11)13-17(14,15)8-4-3-7(12)16-8/h3-4,13H,2,5-6H2,1H3. The van der Waals surface area contributed by atoms with E-state index < -0.39 is 15.6 Å². The fraction of sp³-hybridized carbons (Fsp3) is 0.556. The molecule has 98 valence electrons. The molecule has 0 unspecified atom stereocenters. The third-order valence-corrected chi connectivity index (χ3v) is 7.80. The fourth-order valence-electron chi connectivity index (χ4n) is 1.13. The second-order valence-corrected chi connectivity index (χ2v) is 8.31. The summed E-state index contributed by atoms with van der Waals surface area (Å²) in [4.78, 5) is 0. The zero-order chi connectivity index (χ0) is 13.1. The van der Waals surface area contributed by atoms with E-state index >= 15 is 0 Å². The number of hydrogen-bond acceptors (Lipinski definition) is 3. The molecule has 0 spiro atoms. The van der Waals surface area contributed by atoms with Gasteiger partial charge < -0.3 is 0 Å². The highest BCUT2D eigenvalue weighted by Gasteiger charge is 2.32. The SMILES string of the molecule is CCC(CBr)(CBr)NS(=O)(=O)c1ccc(Cl)s1. The third kappa shape index (κ3) is 3.91. The Morgan fingerprint density at radius 1 is 1.41 bits per heavy atom. The summed E-state index contributed by atoms with van der Waals surface area (Å²) >= 11 is 13.5. The van der Waals surface area contributed by atoms with Crippen LogP contribution in [-0.4, -0.2) is 24.6 Å². The van der Waals surface area contributed by atoms with Crippen molar-refractivity contribution in [1.29, 1.82) is 0 Å². The van der Waals surface area contributed by atoms with Crippen molar-refractivity contribution >= 4 is 64.8 Å². The topological polar surface area (TPSA) is 46.2 Å². The zero-order valence-corrected chi connectivity index (χ0v) is 14.6. The molecule has 0 bridgehead atoms. The Hall–Kier alpha value is 0.860. The van der Waals surface area contributed by atoms with E-state index in [0.29, 0.717) is 21.4 Å². The largest absolute Gasteiger partial charge is 0.250 e. The number of nitrogens with one attached hydrogen (secondary N) is 1. The number of rotatable bonds is 6. The van der Waals surface area contributed by atoms with Crippen LogP contribution in [0.25, 0.3) is 0 Å². The lowest BCUT2D eigenvalue weighted by Crippen LogP contribution is -2.50. The molecule has 0 aliphatic rings. The maximum absolute atomic E-state index is 12.1. The Kier molecular flexibility index (Phi) is 5.94. The van der Waals surface area contributed by atoms with E-state index in [4.69, 9.17) is 11.6 Å². The van der Waals surface area contributed by atoms with Crippen LogP contribution in [0.4, 0.5) is 0 Å². The lowest BCUT2D eigenvalue weighted by molar-refractivity contribution is 0.460. The van der Waals surface area contributed by atoms with Gasteiger partial charge in [0.1, 0.15) is 4.21 Å². The van der Waals surface area contributed by atoms with E-state index in [2.05, 4.69) is 36.6 Å². The zero-order valence-electron chi connectivity index (χ0n) is 9.04. The summed E-state index contributed by atoms with van der Waals surface area (Å²) in [7, 11) is -3.51. The van der Waals surface area contributed by atoms with Gasteiger partial charge >= 0.3 is 0 Å². The smallest absolute Gasteiger partial charge is 0.206 e. The molecule has 0 aliphatic carbocycles. The lowest BCUT2D eigenvalue weighted by atomic mass is 10.0. The molecule has 0 aromatic carbocycles. The molecule has 0 saturated heterocycles. The minimum Gasteiger partial charge on any atom is -0.206 e. The van der Waals surface area contributed by atoms with E-state index in [1.807, 2.05) is 6.92 Å². The molecule has 8 heteroatoms. The van der Waals surface area contributed by atoms with Crippen molar-refractivity contribution in [2.24, 2.45) is 0 Å². The number of thiophene rings is 1. The van der Waals surface area contributed by atoms with Crippen molar-refractivity contribution < 1.29 is 8.42 Å². The van der Waals surface area contributed by atoms with Gasteiger partial charge in [-0.2, -0.15) is 0 Å². The second kappa shape index (κ2) is 6.34. The Morgan fingerprint density at radius 2 is 2.00 bits per heavy atom. The van der Waals surface area contributed by atoms with E-state index in [1.165, 1.54) is 6.07 Å². The van der Waals surface area contributed by atoms with Gasteiger partial charge in [-0.25, -0.2) is 13.1 Å². The number of sulfonamides is 1. The molecule has 1 N–H and O–H groups in total. The molecule has 0 aliphatic heterocycles. The summed E-state index contributed by atoms with van der Waals surface area (Å²) in [5.41, 5.74) is -0.519. The van der Waals surface area contributed by atoms with Crippen molar-refractivity contribution in [3.05, 3.63) is 16.5 Å². The summed E-state index contributed by atoms with van der Waals surface area (Å²) < 4.78 is 27.7. The summed E-state index contributed by atoms with van der Waals surface area (Å²) in [6, 6.07) is 3.09. The first kappa shape index (κ1) is 15.9. The van der Waals surface area contributed by atoms with Gasteiger partial charge in [-0.1, -0.05) is 50.4 Å². The Balaban J connectivity index is 3.00. The summed E-state index contributed by atoms with van der Waals surface area (Å²) in [5.74, 6) is 0. The quantitative estimate of drug-likeness (QED) is 0.708. The number of alkyl halides is 2. The monoisotopic (exact) mass is 423 g/mol. The molecule has 17 heavy (non-hydrogen) atoms. The molecule has 0 saturated carbocycles. The van der Waals surface area contributed by atoms with Crippen LogP contribution in [0.5, 0.6) is 0 Å². The second-order valence-electron chi connectivity index (χ2n) is 3.57. The van der Waals surface area contributed by atoms with Crippen LogP contribution in [0.2, 0.25) is 4.34 Å². The lowest BCUT2D eigenvalue weighted by Gasteiger charge is -2.29. The van der Waals surface area contributed by atoms with Crippen LogP contribution >= 0.6 is 54.8 Å². The normalized spacial score (nSPS) is 12.9. The Bertz CT molecular complexity index is 463. The first-order valence-electron chi connectivity index (χ1n) is 4.80. The molecule has 0 radical (unpaired) electrons. The molecule has 1 aromatic rings. The highest BCUT2D eigenvalue weighted by atomic mass is 79.9. The van der Waals surface area contributed by atoms with Crippen molar-refractivity contribution in [3.63, 3.8) is 0 Å². The van der Waals surface area contributed by atoms with Crippen molar-refractivity contribution in [2.75, 3.05) is 10.7 Å². The van der Waals surface area contributed by atoms with Gasteiger partial charge in [0.25, 0.3) is 10.0 Å². The maximum Gasteiger partial charge on any atom is 0.250 e. The van der Waals surface area contributed by atoms with Crippen LogP contribution in [0.3, 0.4) is 0 Å². The van der Waals surface area contributed by atoms with Gasteiger partial charge in [0.2, 0.25) is 0 Å². The first-order valence-corrected chi connectivity index (χ1v) is 9.72. The predicted molar refractivity (Wildman–Crippen MR) is 80.3 cm³/mol. The van der Waals surface area contributed by atoms with Crippen LogP contribution in [0, 0.1) is 0 Å². The fourth-order valence-corrected chi connectivity index (χ4v) is 6.46. The average Bonchev–Trinajstić information content (AvgIpc) is 2.74. The summed E-state index contributed by atoms with van der Waals surface area (Å²) in [5, 5.41) is 1.08. The number of hydrogen-bond donors (Lipinski definition) is 1. The minimum atomic E-state index is -3.51. The van der Waals surface area contributed by atoms with Crippen molar-refractivity contribution in [3.8, 4) is 0 Å². The predicted octanol–water partition coefficient (Wildman–Crippen LogP) is 3.62. The van der Waals surface area contributed by atoms with E-state index in [9.17, 15) is 8.42 Å². The van der Waals surface area contributed by atoms with E-state index in [0.717, 1.165) is 11.3 Å². The Morgan fingerprint density at radius 3 is 2.35 bits per heavy atom. The van der Waals surface area contributed by atoms with Crippen LogP contribution in [-0.2, 0) is 10.0 Å². The molecular formula is C9H12Br2ClNO2S2. The van der Waals surface area contributed by atoms with Gasteiger partial charge in [-0.15, -0.1) is 11.3 Å². The first-order chi connectivity index (χ1) is 7.89. The maximum atomic E-state index is 12.1. The van der Waals surface area contributed by atoms with Crippen LogP contribution in [0.1, 0.15) is 13.3 Å². The van der Waals surface area contributed by atoms with Gasteiger partial charge in [-0.05, 0) is 18.6 Å². The molecule has 0 amide bonds. The highest BCUT2D eigenvalue weighted by Crippen LogP contribution is 2.27. The van der Waals surface area contributed by atoms with Gasteiger partial charge in [0, 0.05) is 10.7 Å². The number of halogens is 3. The van der Waals surface area contributed by atoms with Gasteiger partial charge in [-0.3, -0.25) is 0 Å². The van der Waals surface area contributed by atoms with Crippen molar-refractivity contribution in [2.45, 2.75) is 23.1 Å². The molecule has 1 aromatic heterocycles. The molecule has 1 rings (SSSR count). The van der Waals surface area contributed by atoms with Crippen molar-refractivity contribution in [1.82, 2.24) is 4.72 Å². The molecule has 3 nitrogen and oxygen atoms in total.